The second-order valence-electron chi connectivity index (χ2n) is 10.2. The van der Waals surface area contributed by atoms with Crippen LogP contribution in [0.15, 0.2) is 115 Å². The SMILES string of the molecule is Cl.N=C(N)c1ccc(C(NC(=O)C2CCCN2C(=O)OCc2ccccc2)P(=O)(Oc2ccccc2)Oc2ccccc2)cc1. The van der Waals surface area contributed by atoms with Gasteiger partial charge in [-0.1, -0.05) is 91.0 Å². The first-order valence-corrected chi connectivity index (χ1v) is 15.7. The summed E-state index contributed by atoms with van der Waals surface area (Å²) >= 11 is 0. The smallest absolute Gasteiger partial charge is 0.445 e. The van der Waals surface area contributed by atoms with E-state index < -0.39 is 31.4 Å². The number of rotatable bonds is 11. The van der Waals surface area contributed by atoms with Crippen LogP contribution in [0.3, 0.4) is 0 Å². The van der Waals surface area contributed by atoms with Gasteiger partial charge in [-0.05, 0) is 48.2 Å². The summed E-state index contributed by atoms with van der Waals surface area (Å²) in [7, 11) is -4.28. The Kier molecular flexibility index (Phi) is 11.2. The number of ether oxygens (including phenoxy) is 1. The molecule has 4 aromatic rings. The van der Waals surface area contributed by atoms with E-state index in [9.17, 15) is 14.2 Å². The summed E-state index contributed by atoms with van der Waals surface area (Å²) in [5, 5.41) is 10.6. The van der Waals surface area contributed by atoms with E-state index >= 15 is 0 Å². The van der Waals surface area contributed by atoms with Crippen LogP contribution in [0.1, 0.15) is 35.3 Å². The molecule has 1 heterocycles. The predicted octanol–water partition coefficient (Wildman–Crippen LogP) is 6.66. The first-order chi connectivity index (χ1) is 21.3. The van der Waals surface area contributed by atoms with Crippen LogP contribution < -0.4 is 20.1 Å². The Morgan fingerprint density at radius 1 is 0.867 bits per heavy atom. The largest absolute Gasteiger partial charge is 0.457 e. The van der Waals surface area contributed by atoms with Gasteiger partial charge in [-0.2, -0.15) is 0 Å². The van der Waals surface area contributed by atoms with E-state index in [0.29, 0.717) is 30.5 Å². The van der Waals surface area contributed by atoms with Crippen molar-refractivity contribution in [2.24, 2.45) is 5.73 Å². The number of para-hydroxylation sites is 2. The Bertz CT molecular complexity index is 1580. The van der Waals surface area contributed by atoms with Gasteiger partial charge in [-0.3, -0.25) is 15.1 Å². The van der Waals surface area contributed by atoms with Gasteiger partial charge < -0.3 is 24.8 Å². The number of nitrogens with zero attached hydrogens (tertiary/aromatic N) is 1. The van der Waals surface area contributed by atoms with Crippen molar-refractivity contribution in [1.29, 1.82) is 5.41 Å². The molecule has 1 aliphatic heterocycles. The van der Waals surface area contributed by atoms with Crippen LogP contribution in [0.25, 0.3) is 0 Å². The van der Waals surface area contributed by atoms with E-state index in [4.69, 9.17) is 24.9 Å². The fourth-order valence-electron chi connectivity index (χ4n) is 4.86. The van der Waals surface area contributed by atoms with Gasteiger partial charge >= 0.3 is 13.7 Å². The molecule has 1 fully saturated rings. The molecule has 1 saturated heterocycles. The number of nitrogen functional groups attached to an aromatic ring is 1. The molecule has 2 unspecified atom stereocenters. The molecule has 4 N–H and O–H groups in total. The number of benzene rings is 4. The number of nitrogens with two attached hydrogens (primary N) is 1. The summed E-state index contributed by atoms with van der Waals surface area (Å²) in [4.78, 5) is 28.3. The van der Waals surface area contributed by atoms with Crippen molar-refractivity contribution in [3.63, 3.8) is 0 Å². The number of amides is 2. The average molecular weight is 649 g/mol. The van der Waals surface area contributed by atoms with Gasteiger partial charge in [0.25, 0.3) is 0 Å². The number of amidine groups is 1. The van der Waals surface area contributed by atoms with E-state index in [0.717, 1.165) is 5.56 Å². The normalized spacial score (nSPS) is 14.8. The number of carbonyl (C=O) groups is 2. The molecular weight excluding hydrogens is 615 g/mol. The number of halogens is 1. The summed E-state index contributed by atoms with van der Waals surface area (Å²) in [6, 6.07) is 31.9. The molecular formula is C33H34ClN4O6P. The lowest BCUT2D eigenvalue weighted by molar-refractivity contribution is -0.125. The third kappa shape index (κ3) is 8.44. The van der Waals surface area contributed by atoms with Gasteiger partial charge in [0.1, 0.15) is 30.0 Å². The number of carbonyl (C=O) groups excluding carboxylic acids is 2. The maximum Gasteiger partial charge on any atom is 0.457 e. The third-order valence-corrected chi connectivity index (χ3v) is 9.07. The van der Waals surface area contributed by atoms with Crippen molar-refractivity contribution in [3.8, 4) is 11.5 Å². The fourth-order valence-corrected chi connectivity index (χ4v) is 6.76. The van der Waals surface area contributed by atoms with E-state index in [-0.39, 0.29) is 36.3 Å². The number of hydrogen-bond donors (Lipinski definition) is 3. The molecule has 1 aliphatic rings. The zero-order valence-electron chi connectivity index (χ0n) is 24.3. The van der Waals surface area contributed by atoms with E-state index in [2.05, 4.69) is 5.32 Å². The molecule has 0 saturated carbocycles. The van der Waals surface area contributed by atoms with Gasteiger partial charge in [0.15, 0.2) is 5.78 Å². The Labute approximate surface area is 267 Å². The Morgan fingerprint density at radius 3 is 1.93 bits per heavy atom. The number of nitrogens with one attached hydrogen (secondary N) is 2. The van der Waals surface area contributed by atoms with Crippen LogP contribution in [0.2, 0.25) is 0 Å². The predicted molar refractivity (Wildman–Crippen MR) is 174 cm³/mol. The van der Waals surface area contributed by atoms with Crippen LogP contribution in [-0.4, -0.2) is 35.3 Å². The van der Waals surface area contributed by atoms with Crippen molar-refractivity contribution in [2.75, 3.05) is 6.54 Å². The van der Waals surface area contributed by atoms with Crippen LogP contribution >= 0.6 is 20.0 Å². The number of hydrogen-bond acceptors (Lipinski definition) is 7. The van der Waals surface area contributed by atoms with Gasteiger partial charge in [-0.15, -0.1) is 12.4 Å². The molecule has 0 radical (unpaired) electrons. The molecule has 12 heteroatoms. The lowest BCUT2D eigenvalue weighted by Crippen LogP contribution is -2.47. The second-order valence-corrected chi connectivity index (χ2v) is 12.1. The van der Waals surface area contributed by atoms with Crippen molar-refractivity contribution in [1.82, 2.24) is 10.2 Å². The van der Waals surface area contributed by atoms with Gasteiger partial charge in [0, 0.05) is 12.1 Å². The third-order valence-electron chi connectivity index (χ3n) is 7.08. The monoisotopic (exact) mass is 648 g/mol. The minimum atomic E-state index is -4.28. The molecule has 5 rings (SSSR count). The van der Waals surface area contributed by atoms with Gasteiger partial charge in [0.05, 0.1) is 0 Å². The highest BCUT2D eigenvalue weighted by Crippen LogP contribution is 2.59. The first kappa shape index (κ1) is 33.1. The minimum Gasteiger partial charge on any atom is -0.445 e. The van der Waals surface area contributed by atoms with Crippen LogP contribution in [-0.2, 0) is 20.7 Å². The second kappa shape index (κ2) is 15.3. The molecule has 234 valence electrons. The summed E-state index contributed by atoms with van der Waals surface area (Å²) in [6.45, 7) is 0.406. The zero-order chi connectivity index (χ0) is 30.9. The average Bonchev–Trinajstić information content (AvgIpc) is 3.54. The van der Waals surface area contributed by atoms with Crippen molar-refractivity contribution >= 4 is 37.8 Å². The van der Waals surface area contributed by atoms with Crippen molar-refractivity contribution < 1.29 is 27.9 Å². The van der Waals surface area contributed by atoms with Gasteiger partial charge in [0.2, 0.25) is 5.91 Å². The molecule has 2 atom stereocenters. The molecule has 0 spiro atoms. The summed E-state index contributed by atoms with van der Waals surface area (Å²) in [5.41, 5.74) is 7.33. The van der Waals surface area contributed by atoms with E-state index in [1.807, 2.05) is 30.3 Å². The molecule has 0 aliphatic carbocycles. The Balaban J connectivity index is 0.00000461. The maximum absolute atomic E-state index is 14.9. The minimum absolute atomic E-state index is 0. The quantitative estimate of drug-likeness (QED) is 0.0937. The van der Waals surface area contributed by atoms with E-state index in [1.54, 1.807) is 84.9 Å². The lowest BCUT2D eigenvalue weighted by Gasteiger charge is -2.30. The summed E-state index contributed by atoms with van der Waals surface area (Å²) < 4.78 is 32.5. The first-order valence-electron chi connectivity index (χ1n) is 14.1. The maximum atomic E-state index is 14.9. The van der Waals surface area contributed by atoms with Crippen molar-refractivity contribution in [3.05, 3.63) is 132 Å². The van der Waals surface area contributed by atoms with E-state index in [1.165, 1.54) is 4.90 Å². The summed E-state index contributed by atoms with van der Waals surface area (Å²) in [5.74, 6) is -1.42. The van der Waals surface area contributed by atoms with Gasteiger partial charge in [-0.25, -0.2) is 9.36 Å². The molecule has 4 aromatic carbocycles. The topological polar surface area (TPSA) is 144 Å². The van der Waals surface area contributed by atoms with Crippen molar-refractivity contribution in [2.45, 2.75) is 31.3 Å². The standard InChI is InChI=1S/C33H33N4O6P.ClH/c34-30(35)25-18-20-26(21-19-25)32(44(40,42-27-13-6-2-7-14-27)43-28-15-8-3-9-16-28)36-31(38)29-17-10-22-37(29)33(39)41-23-24-11-4-1-5-12-24;/h1-9,11-16,18-21,29,32H,10,17,22-23H2,(H3,34,35)(H,36,38);1H. The van der Waals surface area contributed by atoms with Crippen LogP contribution in [0.4, 0.5) is 4.79 Å². The lowest BCUT2D eigenvalue weighted by atomic mass is 10.1. The Morgan fingerprint density at radius 2 is 1.40 bits per heavy atom. The molecule has 0 aromatic heterocycles. The molecule has 2 amide bonds. The highest BCUT2D eigenvalue weighted by atomic mass is 35.5. The van der Waals surface area contributed by atoms with Crippen LogP contribution in [0.5, 0.6) is 11.5 Å². The number of likely N-dealkylation sites (tertiary alicyclic amines) is 1. The fraction of sp³-hybridized carbons (Fsp3) is 0.182. The molecule has 45 heavy (non-hydrogen) atoms. The summed E-state index contributed by atoms with van der Waals surface area (Å²) in [6.07, 6.45) is 0.374. The molecule has 10 nitrogen and oxygen atoms in total. The Hall–Kier alpha value is -4.79. The highest BCUT2D eigenvalue weighted by Gasteiger charge is 2.45. The zero-order valence-corrected chi connectivity index (χ0v) is 26.0. The van der Waals surface area contributed by atoms with Crippen LogP contribution in [0, 0.1) is 5.41 Å². The molecule has 0 bridgehead atoms. The highest BCUT2D eigenvalue weighted by molar-refractivity contribution is 7.55.